The van der Waals surface area contributed by atoms with E-state index in [4.69, 9.17) is 4.74 Å². The third-order valence-corrected chi connectivity index (χ3v) is 8.14. The lowest BCUT2D eigenvalue weighted by Crippen LogP contribution is -2.44. The quantitative estimate of drug-likeness (QED) is 0.501. The van der Waals surface area contributed by atoms with Crippen molar-refractivity contribution in [3.05, 3.63) is 53.1 Å². The molecule has 2 aromatic rings. The van der Waals surface area contributed by atoms with Crippen molar-refractivity contribution in [2.24, 2.45) is 16.5 Å². The van der Waals surface area contributed by atoms with Crippen LogP contribution in [-0.4, -0.2) is 66.1 Å². The first-order valence-electron chi connectivity index (χ1n) is 13.0. The standard InChI is InChI=1S/C28H36N4O3/c1-28(12-2-13-28)20-31-14-9-21(10-15-31)19-35-26-8-7-24(17-29-26)22-3-5-23(6-4-22)27(33)32-16-11-25(18-32)30-34/h3-8,17,21,25H,2,9-16,18-20H2,1H3. The highest BCUT2D eigenvalue weighted by Crippen LogP contribution is 2.41. The highest BCUT2D eigenvalue weighted by Gasteiger charge is 2.34. The molecule has 1 saturated carbocycles. The van der Waals surface area contributed by atoms with Gasteiger partial charge in [0.1, 0.15) is 6.04 Å². The Morgan fingerprint density at radius 3 is 2.40 bits per heavy atom. The van der Waals surface area contributed by atoms with Gasteiger partial charge in [0.25, 0.3) is 5.91 Å². The van der Waals surface area contributed by atoms with Gasteiger partial charge in [-0.05, 0) is 80.3 Å². The Labute approximate surface area is 207 Å². The minimum Gasteiger partial charge on any atom is -0.477 e. The van der Waals surface area contributed by atoms with E-state index >= 15 is 0 Å². The minimum absolute atomic E-state index is 0.0485. The first-order valence-corrected chi connectivity index (χ1v) is 13.0. The Balaban J connectivity index is 1.09. The fraction of sp³-hybridized carbons (Fsp3) is 0.571. The summed E-state index contributed by atoms with van der Waals surface area (Å²) in [6, 6.07) is 11.2. The summed E-state index contributed by atoms with van der Waals surface area (Å²) in [7, 11) is 0. The Hall–Kier alpha value is -2.80. The normalized spacial score (nSPS) is 22.5. The molecule has 5 rings (SSSR count). The molecule has 1 unspecified atom stereocenters. The van der Waals surface area contributed by atoms with Crippen molar-refractivity contribution < 1.29 is 9.53 Å². The van der Waals surface area contributed by atoms with Crippen LogP contribution in [0.3, 0.4) is 0 Å². The monoisotopic (exact) mass is 476 g/mol. The van der Waals surface area contributed by atoms with Crippen molar-refractivity contribution in [1.29, 1.82) is 0 Å². The second-order valence-electron chi connectivity index (χ2n) is 11.0. The van der Waals surface area contributed by atoms with Gasteiger partial charge >= 0.3 is 0 Å². The summed E-state index contributed by atoms with van der Waals surface area (Å²) in [5.74, 6) is 1.21. The second-order valence-corrected chi connectivity index (χ2v) is 11.0. The van der Waals surface area contributed by atoms with Gasteiger partial charge in [-0.2, -0.15) is 4.91 Å². The van der Waals surface area contributed by atoms with Gasteiger partial charge in [0.15, 0.2) is 0 Å². The Morgan fingerprint density at radius 2 is 1.80 bits per heavy atom. The molecule has 1 aromatic heterocycles. The highest BCUT2D eigenvalue weighted by atomic mass is 16.5. The number of amides is 1. The largest absolute Gasteiger partial charge is 0.477 e. The number of ether oxygens (including phenoxy) is 1. The van der Waals surface area contributed by atoms with Crippen LogP contribution in [0.25, 0.3) is 11.1 Å². The number of nitroso groups, excluding NO2 is 1. The van der Waals surface area contributed by atoms with Gasteiger partial charge in [-0.25, -0.2) is 4.98 Å². The fourth-order valence-corrected chi connectivity index (χ4v) is 5.63. The molecule has 7 heteroatoms. The molecular formula is C28H36N4O3. The van der Waals surface area contributed by atoms with Crippen molar-refractivity contribution in [3.63, 3.8) is 0 Å². The molecule has 186 valence electrons. The lowest BCUT2D eigenvalue weighted by Gasteiger charge is -2.44. The number of pyridine rings is 1. The number of carbonyl (C=O) groups is 1. The van der Waals surface area contributed by atoms with E-state index in [1.165, 1.54) is 51.7 Å². The van der Waals surface area contributed by atoms with Crippen LogP contribution < -0.4 is 4.74 Å². The molecule has 7 nitrogen and oxygen atoms in total. The Bertz CT molecular complexity index is 1010. The number of nitrogens with zero attached hydrogens (tertiary/aromatic N) is 4. The van der Waals surface area contributed by atoms with E-state index in [1.807, 2.05) is 42.6 Å². The third-order valence-electron chi connectivity index (χ3n) is 8.14. The molecule has 0 N–H and O–H groups in total. The van der Waals surface area contributed by atoms with Gasteiger partial charge in [-0.3, -0.25) is 4.79 Å². The maximum absolute atomic E-state index is 12.6. The lowest BCUT2D eigenvalue weighted by molar-refractivity contribution is 0.0561. The van der Waals surface area contributed by atoms with Crippen LogP contribution in [-0.2, 0) is 0 Å². The van der Waals surface area contributed by atoms with Gasteiger partial charge in [0, 0.05) is 43.0 Å². The molecule has 3 fully saturated rings. The van der Waals surface area contributed by atoms with E-state index in [1.54, 1.807) is 4.90 Å². The van der Waals surface area contributed by atoms with Crippen molar-refractivity contribution in [2.45, 2.75) is 51.5 Å². The summed E-state index contributed by atoms with van der Waals surface area (Å²) in [6.07, 6.45) is 9.05. The number of hydrogen-bond donors (Lipinski definition) is 0. The maximum atomic E-state index is 12.6. The average Bonchev–Trinajstić information content (AvgIpc) is 3.37. The predicted octanol–water partition coefficient (Wildman–Crippen LogP) is 5.01. The summed E-state index contributed by atoms with van der Waals surface area (Å²) in [5.41, 5.74) is 3.18. The molecule has 2 saturated heterocycles. The third kappa shape index (κ3) is 5.72. The zero-order valence-corrected chi connectivity index (χ0v) is 20.7. The smallest absolute Gasteiger partial charge is 0.253 e. The van der Waals surface area contributed by atoms with Crippen LogP contribution in [0.1, 0.15) is 55.8 Å². The van der Waals surface area contributed by atoms with Gasteiger partial charge in [-0.1, -0.05) is 30.7 Å². The lowest BCUT2D eigenvalue weighted by atomic mass is 9.70. The molecule has 3 heterocycles. The zero-order valence-electron chi connectivity index (χ0n) is 20.7. The van der Waals surface area contributed by atoms with Crippen LogP contribution >= 0.6 is 0 Å². The Kier molecular flexibility index (Phi) is 7.14. The molecule has 3 aliphatic rings. The summed E-state index contributed by atoms with van der Waals surface area (Å²) >= 11 is 0. The summed E-state index contributed by atoms with van der Waals surface area (Å²) in [5, 5.41) is 3.07. The molecule has 1 amide bonds. The first kappa shape index (κ1) is 23.9. The SMILES string of the molecule is CC1(CN2CCC(COc3ccc(-c4ccc(C(=O)N5CCC(N=O)C5)cc4)cn3)CC2)CCC1. The topological polar surface area (TPSA) is 75.1 Å². The number of likely N-dealkylation sites (tertiary alicyclic amines) is 2. The fourth-order valence-electron chi connectivity index (χ4n) is 5.63. The molecule has 0 radical (unpaired) electrons. The van der Waals surface area contributed by atoms with E-state index in [0.29, 0.717) is 42.3 Å². The maximum Gasteiger partial charge on any atom is 0.253 e. The van der Waals surface area contributed by atoms with E-state index in [0.717, 1.165) is 17.7 Å². The van der Waals surface area contributed by atoms with Gasteiger partial charge in [0.2, 0.25) is 5.88 Å². The zero-order chi connectivity index (χ0) is 24.3. The molecule has 2 aliphatic heterocycles. The van der Waals surface area contributed by atoms with Crippen molar-refractivity contribution in [3.8, 4) is 17.0 Å². The van der Waals surface area contributed by atoms with Crippen LogP contribution in [0.4, 0.5) is 0 Å². The molecule has 0 spiro atoms. The molecule has 35 heavy (non-hydrogen) atoms. The van der Waals surface area contributed by atoms with Crippen molar-refractivity contribution >= 4 is 5.91 Å². The molecule has 1 atom stereocenters. The first-order chi connectivity index (χ1) is 17.0. The molecule has 1 aromatic carbocycles. The van der Waals surface area contributed by atoms with Gasteiger partial charge in [0.05, 0.1) is 6.61 Å². The number of aromatic nitrogens is 1. The number of carbonyl (C=O) groups excluding carboxylic acids is 1. The number of hydrogen-bond acceptors (Lipinski definition) is 6. The van der Waals surface area contributed by atoms with E-state index < -0.39 is 0 Å². The molecule has 1 aliphatic carbocycles. The van der Waals surface area contributed by atoms with Crippen LogP contribution in [0.2, 0.25) is 0 Å². The van der Waals surface area contributed by atoms with E-state index in [-0.39, 0.29) is 11.9 Å². The molecular weight excluding hydrogens is 440 g/mol. The summed E-state index contributed by atoms with van der Waals surface area (Å²) in [4.78, 5) is 32.2. The average molecular weight is 477 g/mol. The van der Waals surface area contributed by atoms with Crippen LogP contribution in [0.15, 0.2) is 47.8 Å². The second kappa shape index (κ2) is 10.4. The highest BCUT2D eigenvalue weighted by molar-refractivity contribution is 5.95. The Morgan fingerprint density at radius 1 is 1.06 bits per heavy atom. The van der Waals surface area contributed by atoms with Crippen LogP contribution in [0.5, 0.6) is 5.88 Å². The number of piperidine rings is 1. The van der Waals surface area contributed by atoms with E-state index in [9.17, 15) is 9.70 Å². The van der Waals surface area contributed by atoms with Crippen molar-refractivity contribution in [2.75, 3.05) is 39.3 Å². The van der Waals surface area contributed by atoms with E-state index in [2.05, 4.69) is 22.0 Å². The number of rotatable bonds is 8. The molecule has 0 bridgehead atoms. The predicted molar refractivity (Wildman–Crippen MR) is 136 cm³/mol. The van der Waals surface area contributed by atoms with Gasteiger partial charge in [-0.15, -0.1) is 0 Å². The minimum atomic E-state index is -0.279. The van der Waals surface area contributed by atoms with Gasteiger partial charge < -0.3 is 14.5 Å². The summed E-state index contributed by atoms with van der Waals surface area (Å²) < 4.78 is 6.02. The summed E-state index contributed by atoms with van der Waals surface area (Å²) in [6.45, 7) is 7.78. The van der Waals surface area contributed by atoms with Crippen LogP contribution in [0, 0.1) is 16.2 Å². The number of benzene rings is 1. The van der Waals surface area contributed by atoms with Crippen molar-refractivity contribution in [1.82, 2.24) is 14.8 Å².